The molecule has 0 saturated carbocycles. The average Bonchev–Trinajstić information content (AvgIpc) is 2.49. The van der Waals surface area contributed by atoms with Crippen LogP contribution in [0.5, 0.6) is 5.75 Å². The highest BCUT2D eigenvalue weighted by molar-refractivity contribution is 9.10. The maximum atomic E-state index is 12.2. The van der Waals surface area contributed by atoms with Gasteiger partial charge in [-0.2, -0.15) is 0 Å². The summed E-state index contributed by atoms with van der Waals surface area (Å²) in [5, 5.41) is 12.0. The molecule has 2 rings (SSSR count). The Labute approximate surface area is 131 Å². The number of ether oxygens (including phenoxy) is 1. The fraction of sp³-hybridized carbons (Fsp3) is 0.200. The highest BCUT2D eigenvalue weighted by atomic mass is 79.9. The smallest absolute Gasteiger partial charge is 0.257 e. The first-order valence-corrected chi connectivity index (χ1v) is 7.13. The van der Waals surface area contributed by atoms with E-state index in [1.165, 1.54) is 6.20 Å². The fourth-order valence-corrected chi connectivity index (χ4v) is 2.34. The summed E-state index contributed by atoms with van der Waals surface area (Å²) in [5.41, 5.74) is 1.83. The second-order valence-corrected chi connectivity index (χ2v) is 5.22. The van der Waals surface area contributed by atoms with E-state index in [1.54, 1.807) is 37.6 Å². The summed E-state index contributed by atoms with van der Waals surface area (Å²) < 4.78 is 6.00. The van der Waals surface area contributed by atoms with Gasteiger partial charge in [-0.15, -0.1) is 0 Å². The Morgan fingerprint density at radius 2 is 2.24 bits per heavy atom. The number of aliphatic hydroxyl groups excluding tert-OH is 1. The number of rotatable bonds is 5. The largest absolute Gasteiger partial charge is 0.496 e. The Hall–Kier alpha value is -1.92. The van der Waals surface area contributed by atoms with Crippen LogP contribution in [0.15, 0.2) is 41.1 Å². The predicted octanol–water partition coefficient (Wildman–Crippen LogP) is 2.64. The topological polar surface area (TPSA) is 71.5 Å². The third-order valence-corrected chi connectivity index (χ3v) is 3.36. The van der Waals surface area contributed by atoms with Crippen LogP contribution in [0.4, 0.5) is 5.69 Å². The van der Waals surface area contributed by atoms with Gasteiger partial charge in [-0.25, -0.2) is 0 Å². The first-order valence-electron chi connectivity index (χ1n) is 6.34. The van der Waals surface area contributed by atoms with Gasteiger partial charge in [0, 0.05) is 41.1 Å². The molecule has 21 heavy (non-hydrogen) atoms. The van der Waals surface area contributed by atoms with Crippen LogP contribution in [0, 0.1) is 0 Å². The van der Waals surface area contributed by atoms with Crippen LogP contribution in [-0.2, 0) is 6.42 Å². The quantitative estimate of drug-likeness (QED) is 0.869. The van der Waals surface area contributed by atoms with Crippen molar-refractivity contribution in [1.82, 2.24) is 4.98 Å². The van der Waals surface area contributed by atoms with Gasteiger partial charge >= 0.3 is 0 Å². The molecule has 0 atom stereocenters. The summed E-state index contributed by atoms with van der Waals surface area (Å²) in [6, 6.07) is 7.04. The normalized spacial score (nSPS) is 10.2. The number of hydrogen-bond acceptors (Lipinski definition) is 4. The molecule has 5 nitrogen and oxygen atoms in total. The number of aromatic nitrogens is 1. The van der Waals surface area contributed by atoms with Gasteiger partial charge in [0.1, 0.15) is 5.75 Å². The molecule has 0 aliphatic rings. The molecule has 2 N–H and O–H groups in total. The Bertz CT molecular complexity index is 647. The van der Waals surface area contributed by atoms with Gasteiger partial charge in [0.2, 0.25) is 0 Å². The van der Waals surface area contributed by atoms with Gasteiger partial charge in [-0.05, 0) is 34.1 Å². The SMILES string of the molecule is COc1cccc(NC(=O)c2cncc(Br)c2)c1CCO. The summed E-state index contributed by atoms with van der Waals surface area (Å²) in [4.78, 5) is 16.2. The molecule has 1 heterocycles. The molecular formula is C15H15BrN2O3. The van der Waals surface area contributed by atoms with Gasteiger partial charge in [0.25, 0.3) is 5.91 Å². The van der Waals surface area contributed by atoms with E-state index in [2.05, 4.69) is 26.2 Å². The van der Waals surface area contributed by atoms with Crippen LogP contribution >= 0.6 is 15.9 Å². The number of methoxy groups -OCH3 is 1. The van der Waals surface area contributed by atoms with E-state index >= 15 is 0 Å². The first-order chi connectivity index (χ1) is 10.2. The standard InChI is InChI=1S/C15H15BrN2O3/c1-21-14-4-2-3-13(12(14)5-6-19)18-15(20)10-7-11(16)9-17-8-10/h2-4,7-9,19H,5-6H2,1H3,(H,18,20). The molecule has 0 radical (unpaired) electrons. The summed E-state index contributed by atoms with van der Waals surface area (Å²) in [7, 11) is 1.56. The molecule has 1 amide bonds. The van der Waals surface area contributed by atoms with Crippen LogP contribution in [0.1, 0.15) is 15.9 Å². The Balaban J connectivity index is 2.28. The maximum Gasteiger partial charge on any atom is 0.257 e. The van der Waals surface area contributed by atoms with Gasteiger partial charge in [0.15, 0.2) is 0 Å². The Morgan fingerprint density at radius 3 is 2.90 bits per heavy atom. The number of halogens is 1. The molecule has 0 aliphatic heterocycles. The van der Waals surface area contributed by atoms with Crippen LogP contribution < -0.4 is 10.1 Å². The van der Waals surface area contributed by atoms with Crippen LogP contribution in [0.3, 0.4) is 0 Å². The predicted molar refractivity (Wildman–Crippen MR) is 83.7 cm³/mol. The number of benzene rings is 1. The van der Waals surface area contributed by atoms with E-state index in [-0.39, 0.29) is 12.5 Å². The van der Waals surface area contributed by atoms with Crippen molar-refractivity contribution in [2.75, 3.05) is 19.0 Å². The number of carbonyl (C=O) groups excluding carboxylic acids is 1. The van der Waals surface area contributed by atoms with E-state index in [9.17, 15) is 4.79 Å². The van der Waals surface area contributed by atoms with E-state index in [0.29, 0.717) is 23.4 Å². The highest BCUT2D eigenvalue weighted by Gasteiger charge is 2.13. The number of hydrogen-bond donors (Lipinski definition) is 2. The lowest BCUT2D eigenvalue weighted by molar-refractivity contribution is 0.102. The van der Waals surface area contributed by atoms with Crippen molar-refractivity contribution in [3.63, 3.8) is 0 Å². The first kappa shape index (κ1) is 15.5. The third kappa shape index (κ3) is 3.80. The summed E-state index contributed by atoms with van der Waals surface area (Å²) >= 11 is 3.28. The minimum absolute atomic E-state index is 0.0261. The molecule has 0 spiro atoms. The number of amides is 1. The number of nitrogens with one attached hydrogen (secondary N) is 1. The van der Waals surface area contributed by atoms with Crippen molar-refractivity contribution < 1.29 is 14.6 Å². The lowest BCUT2D eigenvalue weighted by atomic mass is 10.1. The van der Waals surface area contributed by atoms with Gasteiger partial charge in [-0.3, -0.25) is 9.78 Å². The minimum atomic E-state index is -0.267. The van der Waals surface area contributed by atoms with E-state index in [4.69, 9.17) is 9.84 Å². The Morgan fingerprint density at radius 1 is 1.43 bits per heavy atom. The van der Waals surface area contributed by atoms with E-state index in [0.717, 1.165) is 10.0 Å². The van der Waals surface area contributed by atoms with Crippen molar-refractivity contribution in [3.8, 4) is 5.75 Å². The monoisotopic (exact) mass is 350 g/mol. The zero-order chi connectivity index (χ0) is 15.2. The molecule has 0 bridgehead atoms. The number of aliphatic hydroxyl groups is 1. The second kappa shape index (κ2) is 7.19. The van der Waals surface area contributed by atoms with Crippen molar-refractivity contribution in [2.45, 2.75) is 6.42 Å². The number of anilines is 1. The third-order valence-electron chi connectivity index (χ3n) is 2.93. The number of pyridine rings is 1. The molecule has 1 aromatic carbocycles. The average molecular weight is 351 g/mol. The van der Waals surface area contributed by atoms with Crippen molar-refractivity contribution in [1.29, 1.82) is 0 Å². The van der Waals surface area contributed by atoms with E-state index < -0.39 is 0 Å². The lowest BCUT2D eigenvalue weighted by Gasteiger charge is -2.14. The number of carbonyl (C=O) groups is 1. The van der Waals surface area contributed by atoms with Gasteiger partial charge in [0.05, 0.1) is 12.7 Å². The fourth-order valence-electron chi connectivity index (χ4n) is 1.97. The van der Waals surface area contributed by atoms with Crippen LogP contribution in [0.2, 0.25) is 0 Å². The van der Waals surface area contributed by atoms with Crippen molar-refractivity contribution in [2.24, 2.45) is 0 Å². The van der Waals surface area contributed by atoms with E-state index in [1.807, 2.05) is 0 Å². The molecule has 2 aromatic rings. The molecule has 0 fully saturated rings. The second-order valence-electron chi connectivity index (χ2n) is 4.31. The molecule has 6 heteroatoms. The van der Waals surface area contributed by atoms with Crippen LogP contribution in [0.25, 0.3) is 0 Å². The maximum absolute atomic E-state index is 12.2. The zero-order valence-electron chi connectivity index (χ0n) is 11.5. The molecule has 0 aliphatic carbocycles. The number of nitrogens with zero attached hydrogens (tertiary/aromatic N) is 1. The molecule has 110 valence electrons. The summed E-state index contributed by atoms with van der Waals surface area (Å²) in [6.07, 6.45) is 3.50. The Kier molecular flexibility index (Phi) is 5.30. The molecule has 0 saturated heterocycles. The molecule has 1 aromatic heterocycles. The summed E-state index contributed by atoms with van der Waals surface area (Å²) in [5.74, 6) is 0.366. The van der Waals surface area contributed by atoms with Gasteiger partial charge in [-0.1, -0.05) is 6.07 Å². The zero-order valence-corrected chi connectivity index (χ0v) is 13.1. The van der Waals surface area contributed by atoms with Crippen molar-refractivity contribution >= 4 is 27.5 Å². The lowest BCUT2D eigenvalue weighted by Crippen LogP contribution is -2.14. The van der Waals surface area contributed by atoms with Crippen LogP contribution in [-0.4, -0.2) is 29.7 Å². The highest BCUT2D eigenvalue weighted by Crippen LogP contribution is 2.27. The molecular weight excluding hydrogens is 336 g/mol. The molecule has 0 unspecified atom stereocenters. The minimum Gasteiger partial charge on any atom is -0.496 e. The summed E-state index contributed by atoms with van der Waals surface area (Å²) in [6.45, 7) is -0.0261. The van der Waals surface area contributed by atoms with Crippen molar-refractivity contribution in [3.05, 3.63) is 52.3 Å². The van der Waals surface area contributed by atoms with Gasteiger partial charge < -0.3 is 15.2 Å².